The lowest BCUT2D eigenvalue weighted by Crippen LogP contribution is -2.43. The van der Waals surface area contributed by atoms with Crippen LogP contribution >= 0.6 is 39.1 Å². The molecule has 9 heteroatoms. The Morgan fingerprint density at radius 1 is 1.32 bits per heavy atom. The van der Waals surface area contributed by atoms with Gasteiger partial charge in [-0.1, -0.05) is 39.1 Å². The Hall–Kier alpha value is -0.340. The Kier molecular flexibility index (Phi) is 5.64. The maximum atomic E-state index is 12.1. The molecule has 0 aromatic heterocycles. The van der Waals surface area contributed by atoms with Crippen LogP contribution < -0.4 is 10.0 Å². The van der Waals surface area contributed by atoms with Crippen LogP contribution in [-0.4, -0.2) is 27.4 Å². The first-order chi connectivity index (χ1) is 8.69. The van der Waals surface area contributed by atoms with Crippen molar-refractivity contribution in [3.8, 4) is 0 Å². The maximum absolute atomic E-state index is 12.1. The van der Waals surface area contributed by atoms with Gasteiger partial charge in [0.1, 0.15) is 4.90 Å². The van der Waals surface area contributed by atoms with Gasteiger partial charge in [-0.3, -0.25) is 4.79 Å². The van der Waals surface area contributed by atoms with E-state index in [1.165, 1.54) is 26.1 Å². The number of benzene rings is 1. The Morgan fingerprint density at radius 2 is 1.79 bits per heavy atom. The summed E-state index contributed by atoms with van der Waals surface area (Å²) in [6, 6.07) is 1.88. The van der Waals surface area contributed by atoms with Gasteiger partial charge in [-0.05, 0) is 19.1 Å². The van der Waals surface area contributed by atoms with Gasteiger partial charge < -0.3 is 5.32 Å². The predicted molar refractivity (Wildman–Crippen MR) is 78.0 cm³/mol. The van der Waals surface area contributed by atoms with Gasteiger partial charge in [-0.15, -0.1) is 0 Å². The zero-order valence-corrected chi connectivity index (χ0v) is 13.9. The average Bonchev–Trinajstić information content (AvgIpc) is 2.24. The minimum absolute atomic E-state index is 0.0315. The monoisotopic (exact) mass is 388 g/mol. The van der Waals surface area contributed by atoms with Crippen LogP contribution in [0.15, 0.2) is 21.5 Å². The topological polar surface area (TPSA) is 75.3 Å². The Morgan fingerprint density at radius 3 is 2.21 bits per heavy atom. The van der Waals surface area contributed by atoms with Gasteiger partial charge >= 0.3 is 0 Å². The first kappa shape index (κ1) is 16.7. The van der Waals surface area contributed by atoms with Gasteiger partial charge in [-0.2, -0.15) is 4.72 Å². The summed E-state index contributed by atoms with van der Waals surface area (Å²) in [6.45, 7) is 1.41. The van der Waals surface area contributed by atoms with E-state index in [1.54, 1.807) is 0 Å². The van der Waals surface area contributed by atoms with E-state index in [1.807, 2.05) is 0 Å². The van der Waals surface area contributed by atoms with Crippen molar-refractivity contribution in [3.63, 3.8) is 0 Å². The van der Waals surface area contributed by atoms with Gasteiger partial charge in [0, 0.05) is 11.5 Å². The second kappa shape index (κ2) is 6.41. The molecule has 1 atom stereocenters. The molecule has 106 valence electrons. The van der Waals surface area contributed by atoms with Gasteiger partial charge in [0.2, 0.25) is 15.9 Å². The van der Waals surface area contributed by atoms with Crippen molar-refractivity contribution >= 4 is 55.1 Å². The molecule has 19 heavy (non-hydrogen) atoms. The number of hydrogen-bond donors (Lipinski definition) is 2. The van der Waals surface area contributed by atoms with Gasteiger partial charge in [0.25, 0.3) is 0 Å². The lowest BCUT2D eigenvalue weighted by molar-refractivity contribution is -0.121. The molecule has 1 aromatic rings. The van der Waals surface area contributed by atoms with Crippen LogP contribution in [0.2, 0.25) is 10.0 Å². The van der Waals surface area contributed by atoms with Gasteiger partial charge in [0.15, 0.2) is 0 Å². The molecule has 0 bridgehead atoms. The molecule has 1 rings (SSSR count). The van der Waals surface area contributed by atoms with Crippen LogP contribution in [0.25, 0.3) is 0 Å². The highest BCUT2D eigenvalue weighted by molar-refractivity contribution is 9.10. The van der Waals surface area contributed by atoms with Crippen LogP contribution in [0.3, 0.4) is 0 Å². The summed E-state index contributed by atoms with van der Waals surface area (Å²) < 4.78 is 27.0. The standard InChI is InChI=1S/C10H11BrCl2N2O3S/c1-5(10(16)14-2)15-19(17,18)9-7(12)3-6(11)4-8(9)13/h3-5,15H,1-2H3,(H,14,16). The number of hydrogen-bond acceptors (Lipinski definition) is 3. The van der Waals surface area contributed by atoms with E-state index in [0.29, 0.717) is 4.47 Å². The van der Waals surface area contributed by atoms with Gasteiger partial charge in [0.05, 0.1) is 16.1 Å². The lowest BCUT2D eigenvalue weighted by Gasteiger charge is -2.14. The fourth-order valence-electron chi connectivity index (χ4n) is 1.35. The first-order valence-corrected chi connectivity index (χ1v) is 8.10. The molecule has 1 aromatic carbocycles. The van der Waals surface area contributed by atoms with Crippen molar-refractivity contribution in [1.29, 1.82) is 0 Å². The summed E-state index contributed by atoms with van der Waals surface area (Å²) in [4.78, 5) is 11.1. The molecule has 1 amide bonds. The van der Waals surface area contributed by atoms with Crippen LogP contribution in [0, 0.1) is 0 Å². The number of carbonyl (C=O) groups excluding carboxylic acids is 1. The third-order valence-corrected chi connectivity index (χ3v) is 5.12. The third-order valence-electron chi connectivity index (χ3n) is 2.20. The highest BCUT2D eigenvalue weighted by atomic mass is 79.9. The fraction of sp³-hybridized carbons (Fsp3) is 0.300. The summed E-state index contributed by atoms with van der Waals surface area (Å²) in [5.41, 5.74) is 0. The minimum atomic E-state index is -3.99. The highest BCUT2D eigenvalue weighted by Gasteiger charge is 2.26. The van der Waals surface area contributed by atoms with Crippen LogP contribution in [0.1, 0.15) is 6.92 Å². The van der Waals surface area contributed by atoms with Crippen molar-refractivity contribution in [1.82, 2.24) is 10.0 Å². The molecule has 0 saturated carbocycles. The zero-order chi connectivity index (χ0) is 14.8. The van der Waals surface area contributed by atoms with Crippen LogP contribution in [0.5, 0.6) is 0 Å². The van der Waals surface area contributed by atoms with E-state index in [4.69, 9.17) is 23.2 Å². The summed E-state index contributed by atoms with van der Waals surface area (Å²) in [6.07, 6.45) is 0. The van der Waals surface area contributed by atoms with Crippen molar-refractivity contribution in [2.24, 2.45) is 0 Å². The van der Waals surface area contributed by atoms with Gasteiger partial charge in [-0.25, -0.2) is 8.42 Å². The summed E-state index contributed by atoms with van der Waals surface area (Å²) in [7, 11) is -2.58. The molecule has 1 unspecified atom stereocenters. The number of likely N-dealkylation sites (N-methyl/N-ethyl adjacent to an activating group) is 1. The molecule has 0 aliphatic rings. The number of carbonyl (C=O) groups is 1. The average molecular weight is 390 g/mol. The largest absolute Gasteiger partial charge is 0.358 e. The van der Waals surface area contributed by atoms with E-state index in [-0.39, 0.29) is 14.9 Å². The molecule has 0 spiro atoms. The number of amides is 1. The Bertz CT molecular complexity index is 584. The molecular formula is C10H11BrCl2N2O3S. The Labute approximate surface area is 129 Å². The summed E-state index contributed by atoms with van der Waals surface area (Å²) >= 11 is 14.9. The lowest BCUT2D eigenvalue weighted by atomic mass is 10.3. The number of rotatable bonds is 4. The number of sulfonamides is 1. The van der Waals surface area contributed by atoms with E-state index < -0.39 is 22.0 Å². The normalized spacial score (nSPS) is 13.1. The minimum Gasteiger partial charge on any atom is -0.358 e. The van der Waals surface area contributed by atoms with Crippen molar-refractivity contribution < 1.29 is 13.2 Å². The van der Waals surface area contributed by atoms with Crippen molar-refractivity contribution in [2.75, 3.05) is 7.05 Å². The number of halogens is 3. The molecular weight excluding hydrogens is 379 g/mol. The predicted octanol–water partition coefficient (Wildman–Crippen LogP) is 2.17. The molecule has 2 N–H and O–H groups in total. The SMILES string of the molecule is CNC(=O)C(C)NS(=O)(=O)c1c(Cl)cc(Br)cc1Cl. The molecule has 0 aliphatic heterocycles. The maximum Gasteiger partial charge on any atom is 0.244 e. The van der Waals surface area contributed by atoms with Crippen molar-refractivity contribution in [2.45, 2.75) is 17.9 Å². The number of nitrogens with one attached hydrogen (secondary N) is 2. The summed E-state index contributed by atoms with van der Waals surface area (Å²) in [5.74, 6) is -0.465. The molecule has 0 heterocycles. The van der Waals surface area contributed by atoms with E-state index in [9.17, 15) is 13.2 Å². The highest BCUT2D eigenvalue weighted by Crippen LogP contribution is 2.32. The molecule has 0 saturated heterocycles. The molecule has 0 fully saturated rings. The van der Waals surface area contributed by atoms with E-state index >= 15 is 0 Å². The Balaban J connectivity index is 3.18. The third kappa shape index (κ3) is 4.06. The van der Waals surface area contributed by atoms with E-state index in [2.05, 4.69) is 26.0 Å². The zero-order valence-electron chi connectivity index (χ0n) is 10.00. The second-order valence-corrected chi connectivity index (χ2v) is 7.04. The fourth-order valence-corrected chi connectivity index (χ4v) is 4.49. The van der Waals surface area contributed by atoms with Crippen LogP contribution in [0.4, 0.5) is 0 Å². The van der Waals surface area contributed by atoms with Crippen molar-refractivity contribution in [3.05, 3.63) is 26.7 Å². The molecule has 5 nitrogen and oxygen atoms in total. The second-order valence-electron chi connectivity index (χ2n) is 3.66. The quantitative estimate of drug-likeness (QED) is 0.828. The van der Waals surface area contributed by atoms with E-state index in [0.717, 1.165) is 0 Å². The molecule has 0 radical (unpaired) electrons. The first-order valence-electron chi connectivity index (χ1n) is 5.07. The smallest absolute Gasteiger partial charge is 0.244 e. The summed E-state index contributed by atoms with van der Waals surface area (Å²) in [5, 5.41) is 2.27. The van der Waals surface area contributed by atoms with Crippen LogP contribution in [-0.2, 0) is 14.8 Å². The molecule has 0 aliphatic carbocycles.